The molecule has 1 aromatic carbocycles. The van der Waals surface area contributed by atoms with Crippen molar-refractivity contribution in [3.8, 4) is 0 Å². The van der Waals surface area contributed by atoms with Gasteiger partial charge in [-0.2, -0.15) is 4.98 Å². The third-order valence-corrected chi connectivity index (χ3v) is 5.19. The van der Waals surface area contributed by atoms with E-state index in [1.807, 2.05) is 17.9 Å². The first-order valence-corrected chi connectivity index (χ1v) is 9.45. The Bertz CT molecular complexity index is 843. The molecule has 2 N–H and O–H groups in total. The summed E-state index contributed by atoms with van der Waals surface area (Å²) in [5.41, 5.74) is 0.868. The minimum absolute atomic E-state index is 0.154. The van der Waals surface area contributed by atoms with Gasteiger partial charge >= 0.3 is 6.09 Å². The van der Waals surface area contributed by atoms with Gasteiger partial charge in [0.2, 0.25) is 5.95 Å². The summed E-state index contributed by atoms with van der Waals surface area (Å²) >= 11 is 18.5. The van der Waals surface area contributed by atoms with Crippen molar-refractivity contribution in [3.05, 3.63) is 45.0 Å². The molecular formula is C17H18Cl3N5O2. The standard InChI is InChI=1S/C17H18Cl3N5O2/c1-10(12-3-2-11(18)8-13(12)19)22-15-14(20)9-21-16(23-15)24-4-6-25(7-5-24)17(26)27/h2-3,8-10H,4-7H2,1H3,(H,26,27)(H,21,22,23). The molecular weight excluding hydrogens is 413 g/mol. The first-order valence-electron chi connectivity index (χ1n) is 8.32. The lowest BCUT2D eigenvalue weighted by atomic mass is 10.1. The Hall–Kier alpha value is -1.96. The number of amides is 1. The molecule has 1 aliphatic heterocycles. The van der Waals surface area contributed by atoms with Crippen LogP contribution >= 0.6 is 34.8 Å². The molecule has 0 radical (unpaired) electrons. The fourth-order valence-electron chi connectivity index (χ4n) is 2.84. The molecule has 2 aromatic rings. The summed E-state index contributed by atoms with van der Waals surface area (Å²) in [6, 6.07) is 5.16. The Morgan fingerprint density at radius 2 is 1.89 bits per heavy atom. The van der Waals surface area contributed by atoms with Crippen LogP contribution in [0, 0.1) is 0 Å². The molecule has 0 saturated carbocycles. The third-order valence-electron chi connectivity index (χ3n) is 4.35. The van der Waals surface area contributed by atoms with Gasteiger partial charge in [0.15, 0.2) is 5.82 Å². The summed E-state index contributed by atoms with van der Waals surface area (Å²) in [5, 5.41) is 13.8. The highest BCUT2D eigenvalue weighted by Gasteiger charge is 2.23. The number of halogens is 3. The predicted octanol–water partition coefficient (Wildman–Crippen LogP) is 4.41. The fourth-order valence-corrected chi connectivity index (χ4v) is 3.56. The molecule has 0 bridgehead atoms. The summed E-state index contributed by atoms with van der Waals surface area (Å²) in [6.45, 7) is 3.79. The molecule has 0 spiro atoms. The van der Waals surface area contributed by atoms with Gasteiger partial charge in [0.05, 0.1) is 12.2 Å². The van der Waals surface area contributed by atoms with Crippen LogP contribution in [0.4, 0.5) is 16.6 Å². The van der Waals surface area contributed by atoms with Crippen molar-refractivity contribution in [3.63, 3.8) is 0 Å². The van der Waals surface area contributed by atoms with Crippen molar-refractivity contribution >= 4 is 52.7 Å². The van der Waals surface area contributed by atoms with Crippen LogP contribution in [0.1, 0.15) is 18.5 Å². The first kappa shape index (κ1) is 19.8. The third kappa shape index (κ3) is 4.66. The number of hydrogen-bond donors (Lipinski definition) is 2. The molecule has 1 aromatic heterocycles. The van der Waals surface area contributed by atoms with Gasteiger partial charge in [0.25, 0.3) is 0 Å². The average molecular weight is 431 g/mol. The van der Waals surface area contributed by atoms with E-state index < -0.39 is 6.09 Å². The molecule has 1 atom stereocenters. The minimum Gasteiger partial charge on any atom is -0.465 e. The maximum Gasteiger partial charge on any atom is 0.407 e. The van der Waals surface area contributed by atoms with Crippen LogP contribution in [0.2, 0.25) is 15.1 Å². The molecule has 1 unspecified atom stereocenters. The maximum atomic E-state index is 11.0. The number of anilines is 2. The van der Waals surface area contributed by atoms with E-state index in [1.165, 1.54) is 11.1 Å². The van der Waals surface area contributed by atoms with Crippen molar-refractivity contribution in [2.24, 2.45) is 0 Å². The monoisotopic (exact) mass is 429 g/mol. The van der Waals surface area contributed by atoms with E-state index in [0.29, 0.717) is 53.0 Å². The molecule has 1 saturated heterocycles. The summed E-state index contributed by atoms with van der Waals surface area (Å²) in [7, 11) is 0. The number of rotatable bonds is 4. The zero-order valence-electron chi connectivity index (χ0n) is 14.5. The van der Waals surface area contributed by atoms with Crippen LogP contribution in [0.5, 0.6) is 0 Å². The Labute approximate surface area is 171 Å². The number of carbonyl (C=O) groups is 1. The molecule has 2 heterocycles. The van der Waals surface area contributed by atoms with Gasteiger partial charge in [-0.3, -0.25) is 0 Å². The second kappa shape index (κ2) is 8.37. The molecule has 0 aliphatic carbocycles. The number of carboxylic acid groups (broad SMARTS) is 1. The number of aromatic nitrogens is 2. The molecule has 1 aliphatic rings. The minimum atomic E-state index is -0.914. The average Bonchev–Trinajstić information content (AvgIpc) is 2.63. The van der Waals surface area contributed by atoms with E-state index in [-0.39, 0.29) is 6.04 Å². The summed E-state index contributed by atoms with van der Waals surface area (Å²) < 4.78 is 0. The second-order valence-electron chi connectivity index (χ2n) is 6.16. The van der Waals surface area contributed by atoms with Crippen LogP contribution < -0.4 is 10.2 Å². The number of piperazine rings is 1. The molecule has 1 fully saturated rings. The van der Waals surface area contributed by atoms with Gasteiger partial charge in [0.1, 0.15) is 5.02 Å². The van der Waals surface area contributed by atoms with Crippen LogP contribution in [-0.2, 0) is 0 Å². The molecule has 144 valence electrons. The normalized spacial score (nSPS) is 15.6. The van der Waals surface area contributed by atoms with Crippen LogP contribution in [0.3, 0.4) is 0 Å². The zero-order valence-corrected chi connectivity index (χ0v) is 16.8. The smallest absolute Gasteiger partial charge is 0.407 e. The number of benzene rings is 1. The van der Waals surface area contributed by atoms with Crippen LogP contribution in [0.15, 0.2) is 24.4 Å². The Balaban J connectivity index is 1.75. The summed E-state index contributed by atoms with van der Waals surface area (Å²) in [4.78, 5) is 23.1. The van der Waals surface area contributed by atoms with Gasteiger partial charge in [-0.25, -0.2) is 9.78 Å². The zero-order chi connectivity index (χ0) is 19.6. The van der Waals surface area contributed by atoms with Gasteiger partial charge in [-0.05, 0) is 24.6 Å². The lowest BCUT2D eigenvalue weighted by molar-refractivity contribution is 0.142. The Morgan fingerprint density at radius 3 is 2.52 bits per heavy atom. The van der Waals surface area contributed by atoms with Gasteiger partial charge in [0, 0.05) is 36.2 Å². The lowest BCUT2D eigenvalue weighted by Crippen LogP contribution is -2.48. The highest BCUT2D eigenvalue weighted by Crippen LogP contribution is 2.30. The van der Waals surface area contributed by atoms with Crippen LogP contribution in [0.25, 0.3) is 0 Å². The number of nitrogens with one attached hydrogen (secondary N) is 1. The molecule has 27 heavy (non-hydrogen) atoms. The second-order valence-corrected chi connectivity index (χ2v) is 7.41. The number of nitrogens with zero attached hydrogens (tertiary/aromatic N) is 4. The van der Waals surface area contributed by atoms with E-state index in [2.05, 4.69) is 15.3 Å². The van der Waals surface area contributed by atoms with Crippen LogP contribution in [-0.4, -0.2) is 52.2 Å². The van der Waals surface area contributed by atoms with Gasteiger partial charge < -0.3 is 20.2 Å². The molecule has 7 nitrogen and oxygen atoms in total. The van der Waals surface area contributed by atoms with Crippen molar-refractivity contribution in [2.75, 3.05) is 36.4 Å². The van der Waals surface area contributed by atoms with E-state index in [0.717, 1.165) is 5.56 Å². The van der Waals surface area contributed by atoms with E-state index in [1.54, 1.807) is 12.1 Å². The van der Waals surface area contributed by atoms with E-state index in [9.17, 15) is 4.79 Å². The van der Waals surface area contributed by atoms with Crippen molar-refractivity contribution < 1.29 is 9.90 Å². The molecule has 1 amide bonds. The first-order chi connectivity index (χ1) is 12.8. The summed E-state index contributed by atoms with van der Waals surface area (Å²) in [6.07, 6.45) is 0.620. The SMILES string of the molecule is CC(Nc1nc(N2CCN(C(=O)O)CC2)ncc1Cl)c1ccc(Cl)cc1Cl. The maximum absolute atomic E-state index is 11.0. The van der Waals surface area contributed by atoms with E-state index in [4.69, 9.17) is 39.9 Å². The largest absolute Gasteiger partial charge is 0.465 e. The Kier molecular flexibility index (Phi) is 6.14. The van der Waals surface area contributed by atoms with E-state index >= 15 is 0 Å². The predicted molar refractivity (Wildman–Crippen MR) is 107 cm³/mol. The fraction of sp³-hybridized carbons (Fsp3) is 0.353. The number of hydrogen-bond acceptors (Lipinski definition) is 5. The van der Waals surface area contributed by atoms with Gasteiger partial charge in [-0.1, -0.05) is 40.9 Å². The van der Waals surface area contributed by atoms with Gasteiger partial charge in [-0.15, -0.1) is 0 Å². The molecule has 3 rings (SSSR count). The lowest BCUT2D eigenvalue weighted by Gasteiger charge is -2.33. The van der Waals surface area contributed by atoms with Crippen molar-refractivity contribution in [1.29, 1.82) is 0 Å². The highest BCUT2D eigenvalue weighted by atomic mass is 35.5. The molecule has 10 heteroatoms. The summed E-state index contributed by atoms with van der Waals surface area (Å²) in [5.74, 6) is 0.988. The topological polar surface area (TPSA) is 81.6 Å². The Morgan fingerprint density at radius 1 is 1.19 bits per heavy atom. The van der Waals surface area contributed by atoms with Crippen molar-refractivity contribution in [2.45, 2.75) is 13.0 Å². The highest BCUT2D eigenvalue weighted by molar-refractivity contribution is 6.35. The van der Waals surface area contributed by atoms with Crippen molar-refractivity contribution in [1.82, 2.24) is 14.9 Å². The quantitative estimate of drug-likeness (QED) is 0.748.